The molecule has 0 radical (unpaired) electrons. The highest BCUT2D eigenvalue weighted by Crippen LogP contribution is 2.33. The third-order valence-corrected chi connectivity index (χ3v) is 8.18. The van der Waals surface area contributed by atoms with Gasteiger partial charge in [-0.2, -0.15) is 0 Å². The van der Waals surface area contributed by atoms with Crippen molar-refractivity contribution < 1.29 is 22.4 Å². The maximum atomic E-state index is 13.8. The molecule has 2 amide bonds. The van der Waals surface area contributed by atoms with Crippen LogP contribution in [-0.4, -0.2) is 44.3 Å². The van der Waals surface area contributed by atoms with Crippen LogP contribution in [0.3, 0.4) is 0 Å². The van der Waals surface area contributed by atoms with Crippen LogP contribution in [0.5, 0.6) is 0 Å². The summed E-state index contributed by atoms with van der Waals surface area (Å²) in [6.45, 7) is 4.72. The number of hydrogen-bond acceptors (Lipinski definition) is 4. The monoisotopic (exact) mass is 579 g/mol. The summed E-state index contributed by atoms with van der Waals surface area (Å²) in [5.74, 6) is -1.54. The van der Waals surface area contributed by atoms with E-state index >= 15 is 0 Å². The van der Waals surface area contributed by atoms with Gasteiger partial charge in [0.2, 0.25) is 11.8 Å². The van der Waals surface area contributed by atoms with Crippen LogP contribution < -0.4 is 9.62 Å². The van der Waals surface area contributed by atoms with Crippen molar-refractivity contribution in [3.8, 4) is 0 Å². The first-order valence-corrected chi connectivity index (χ1v) is 14.0. The zero-order valence-electron chi connectivity index (χ0n) is 21.1. The van der Waals surface area contributed by atoms with Crippen molar-refractivity contribution in [2.24, 2.45) is 0 Å². The lowest BCUT2D eigenvalue weighted by molar-refractivity contribution is -0.139. The molecule has 202 valence electrons. The SMILES string of the molecule is CCNC(=O)C(C)N(Cc1ccc(F)cc1)C(=O)CN(c1cc(Cl)ccc1Cl)S(=O)(=O)c1ccc(C)cc1. The molecule has 11 heteroatoms. The van der Waals surface area contributed by atoms with Gasteiger partial charge < -0.3 is 10.2 Å². The van der Waals surface area contributed by atoms with Crippen LogP contribution in [0.4, 0.5) is 10.1 Å². The number of aryl methyl sites for hydroxylation is 1. The van der Waals surface area contributed by atoms with Crippen molar-refractivity contribution in [1.29, 1.82) is 0 Å². The molecule has 0 saturated heterocycles. The minimum Gasteiger partial charge on any atom is -0.355 e. The first kappa shape index (κ1) is 29.4. The molecule has 0 aromatic heterocycles. The van der Waals surface area contributed by atoms with Crippen molar-refractivity contribution in [3.63, 3.8) is 0 Å². The summed E-state index contributed by atoms with van der Waals surface area (Å²) in [5.41, 5.74) is 1.43. The minimum atomic E-state index is -4.28. The predicted octanol–water partition coefficient (Wildman–Crippen LogP) is 5.19. The summed E-state index contributed by atoms with van der Waals surface area (Å²) in [4.78, 5) is 27.7. The van der Waals surface area contributed by atoms with E-state index in [0.29, 0.717) is 12.1 Å². The van der Waals surface area contributed by atoms with Gasteiger partial charge >= 0.3 is 0 Å². The molecule has 1 atom stereocenters. The molecule has 0 heterocycles. The van der Waals surface area contributed by atoms with Crippen molar-refractivity contribution in [3.05, 3.63) is 93.7 Å². The molecule has 38 heavy (non-hydrogen) atoms. The molecule has 7 nitrogen and oxygen atoms in total. The van der Waals surface area contributed by atoms with Gasteiger partial charge in [-0.15, -0.1) is 0 Å². The third kappa shape index (κ3) is 7.03. The van der Waals surface area contributed by atoms with Crippen molar-refractivity contribution in [2.75, 3.05) is 17.4 Å². The van der Waals surface area contributed by atoms with Gasteiger partial charge in [0.15, 0.2) is 0 Å². The fraction of sp³-hybridized carbons (Fsp3) is 0.259. The number of rotatable bonds is 10. The van der Waals surface area contributed by atoms with Crippen LogP contribution in [-0.2, 0) is 26.2 Å². The highest BCUT2D eigenvalue weighted by atomic mass is 35.5. The number of sulfonamides is 1. The van der Waals surface area contributed by atoms with Crippen molar-refractivity contribution in [1.82, 2.24) is 10.2 Å². The summed E-state index contributed by atoms with van der Waals surface area (Å²) in [6.07, 6.45) is 0. The van der Waals surface area contributed by atoms with Crippen LogP contribution in [0.1, 0.15) is 25.0 Å². The first-order valence-electron chi connectivity index (χ1n) is 11.8. The molecule has 0 bridgehead atoms. The molecule has 3 rings (SSSR count). The Kier molecular flexibility index (Phi) is 9.76. The summed E-state index contributed by atoms with van der Waals surface area (Å²) in [6, 6.07) is 15.0. The topological polar surface area (TPSA) is 86.8 Å². The Bertz CT molecular complexity index is 1400. The number of benzene rings is 3. The first-order chi connectivity index (χ1) is 17.9. The fourth-order valence-corrected chi connectivity index (χ4v) is 5.58. The number of hydrogen-bond donors (Lipinski definition) is 1. The van der Waals surface area contributed by atoms with E-state index in [2.05, 4.69) is 5.32 Å². The quantitative estimate of drug-likeness (QED) is 0.358. The second-order valence-electron chi connectivity index (χ2n) is 8.64. The number of likely N-dealkylation sites (N-methyl/N-ethyl adjacent to an activating group) is 1. The lowest BCUT2D eigenvalue weighted by Gasteiger charge is -2.32. The highest BCUT2D eigenvalue weighted by Gasteiger charge is 2.33. The smallest absolute Gasteiger partial charge is 0.264 e. The average Bonchev–Trinajstić information content (AvgIpc) is 2.88. The van der Waals surface area contributed by atoms with E-state index in [-0.39, 0.29) is 27.2 Å². The second-order valence-corrected chi connectivity index (χ2v) is 11.3. The number of nitrogens with zero attached hydrogens (tertiary/aromatic N) is 2. The van der Waals surface area contributed by atoms with E-state index in [1.807, 2.05) is 6.92 Å². The number of anilines is 1. The number of halogens is 3. The van der Waals surface area contributed by atoms with Gasteiger partial charge in [-0.3, -0.25) is 13.9 Å². The molecular weight excluding hydrogens is 552 g/mol. The molecule has 3 aromatic carbocycles. The van der Waals surface area contributed by atoms with Gasteiger partial charge in [0.05, 0.1) is 15.6 Å². The van der Waals surface area contributed by atoms with E-state index in [1.165, 1.54) is 66.4 Å². The molecule has 0 saturated carbocycles. The molecule has 0 aliphatic heterocycles. The Morgan fingerprint density at radius 2 is 1.63 bits per heavy atom. The minimum absolute atomic E-state index is 0.0143. The largest absolute Gasteiger partial charge is 0.355 e. The Morgan fingerprint density at radius 3 is 2.24 bits per heavy atom. The lowest BCUT2D eigenvalue weighted by Crippen LogP contribution is -2.51. The summed E-state index contributed by atoms with van der Waals surface area (Å²) < 4.78 is 42.0. The Hall–Kier alpha value is -3.14. The fourth-order valence-electron chi connectivity index (χ4n) is 3.72. The molecule has 0 aliphatic rings. The summed E-state index contributed by atoms with van der Waals surface area (Å²) in [5, 5.41) is 2.97. The Labute approximate surface area is 232 Å². The zero-order chi connectivity index (χ0) is 28.0. The second kappa shape index (κ2) is 12.6. The van der Waals surface area contributed by atoms with Gasteiger partial charge in [-0.05, 0) is 68.8 Å². The van der Waals surface area contributed by atoms with Gasteiger partial charge in [0.1, 0.15) is 18.4 Å². The maximum absolute atomic E-state index is 13.8. The predicted molar refractivity (Wildman–Crippen MR) is 147 cm³/mol. The van der Waals surface area contributed by atoms with Crippen LogP contribution >= 0.6 is 23.2 Å². The zero-order valence-corrected chi connectivity index (χ0v) is 23.4. The molecule has 1 unspecified atom stereocenters. The number of carbonyl (C=O) groups is 2. The molecule has 0 fully saturated rings. The van der Waals surface area contributed by atoms with Crippen LogP contribution in [0.2, 0.25) is 10.0 Å². The molecular formula is C27H28Cl2FN3O4S. The Morgan fingerprint density at radius 1 is 1.00 bits per heavy atom. The van der Waals surface area contributed by atoms with Crippen molar-refractivity contribution >= 4 is 50.7 Å². The van der Waals surface area contributed by atoms with Gasteiger partial charge in [-0.1, -0.05) is 53.0 Å². The number of carbonyl (C=O) groups excluding carboxylic acids is 2. The van der Waals surface area contributed by atoms with E-state index in [9.17, 15) is 22.4 Å². The summed E-state index contributed by atoms with van der Waals surface area (Å²) >= 11 is 12.5. The van der Waals surface area contributed by atoms with Gasteiger partial charge in [0, 0.05) is 18.1 Å². The lowest BCUT2D eigenvalue weighted by atomic mass is 10.1. The average molecular weight is 581 g/mol. The standard InChI is InChI=1S/C27H28Cl2FN3O4S/c1-4-31-27(35)19(3)32(16-20-7-10-22(30)11-8-20)26(34)17-33(25-15-21(28)9-14-24(25)29)38(36,37)23-12-5-18(2)6-13-23/h5-15,19H,4,16-17H2,1-3H3,(H,31,35). The number of amides is 2. The Balaban J connectivity index is 2.07. The van der Waals surface area contributed by atoms with Crippen molar-refractivity contribution in [2.45, 2.75) is 38.3 Å². The summed E-state index contributed by atoms with van der Waals surface area (Å²) in [7, 11) is -4.28. The van der Waals surface area contributed by atoms with E-state index in [4.69, 9.17) is 23.2 Å². The van der Waals surface area contributed by atoms with Crippen LogP contribution in [0.25, 0.3) is 0 Å². The van der Waals surface area contributed by atoms with E-state index < -0.39 is 40.2 Å². The molecule has 0 aliphatic carbocycles. The van der Waals surface area contributed by atoms with Crippen LogP contribution in [0.15, 0.2) is 71.6 Å². The van der Waals surface area contributed by atoms with E-state index in [1.54, 1.807) is 19.1 Å². The normalized spacial score (nSPS) is 12.1. The highest BCUT2D eigenvalue weighted by molar-refractivity contribution is 7.92. The molecule has 1 N–H and O–H groups in total. The van der Waals surface area contributed by atoms with Crippen LogP contribution in [0, 0.1) is 12.7 Å². The molecule has 0 spiro atoms. The van der Waals surface area contributed by atoms with E-state index in [0.717, 1.165) is 9.87 Å². The van der Waals surface area contributed by atoms with Gasteiger partial charge in [-0.25, -0.2) is 12.8 Å². The van der Waals surface area contributed by atoms with Gasteiger partial charge in [0.25, 0.3) is 10.0 Å². The molecule has 3 aromatic rings. The number of nitrogens with one attached hydrogen (secondary N) is 1. The third-order valence-electron chi connectivity index (χ3n) is 5.85. The maximum Gasteiger partial charge on any atom is 0.264 e.